The molecular weight excluding hydrogens is 257 g/mol. The average Bonchev–Trinajstić information content (AvgIpc) is 2.30. The maximum Gasteiger partial charge on any atom is 0.156 e. The first-order valence-corrected chi connectivity index (χ1v) is 7.48. The van der Waals surface area contributed by atoms with E-state index in [1.165, 1.54) is 25.3 Å². The van der Waals surface area contributed by atoms with Crippen LogP contribution in [0.5, 0.6) is 5.75 Å². The molecule has 6 heteroatoms. The molecule has 0 spiro atoms. The minimum Gasteiger partial charge on any atom is -0.497 e. The van der Waals surface area contributed by atoms with E-state index in [2.05, 4.69) is 0 Å². The Balaban J connectivity index is 2.84. The molecule has 0 aliphatic carbocycles. The number of sulfone groups is 1. The van der Waals surface area contributed by atoms with E-state index < -0.39 is 21.7 Å². The van der Waals surface area contributed by atoms with Gasteiger partial charge in [-0.2, -0.15) is 0 Å². The van der Waals surface area contributed by atoms with Crippen molar-refractivity contribution >= 4 is 9.84 Å². The highest BCUT2D eigenvalue weighted by Crippen LogP contribution is 2.18. The SMILES string of the molecule is CCC(N)CS(=O)(=O)Cc1ccc(OC)cc1F. The summed E-state index contributed by atoms with van der Waals surface area (Å²) in [5.74, 6) is -0.687. The van der Waals surface area contributed by atoms with Crippen molar-refractivity contribution in [1.29, 1.82) is 0 Å². The lowest BCUT2D eigenvalue weighted by atomic mass is 10.2. The van der Waals surface area contributed by atoms with Crippen LogP contribution in [0.4, 0.5) is 4.39 Å². The molecule has 0 saturated heterocycles. The van der Waals surface area contributed by atoms with Gasteiger partial charge in [0.1, 0.15) is 11.6 Å². The van der Waals surface area contributed by atoms with E-state index in [0.29, 0.717) is 12.2 Å². The number of nitrogens with two attached hydrogens (primary N) is 1. The van der Waals surface area contributed by atoms with Crippen molar-refractivity contribution < 1.29 is 17.5 Å². The predicted molar refractivity (Wildman–Crippen MR) is 68.7 cm³/mol. The van der Waals surface area contributed by atoms with Gasteiger partial charge in [0.2, 0.25) is 0 Å². The number of benzene rings is 1. The third-order valence-corrected chi connectivity index (χ3v) is 4.31. The van der Waals surface area contributed by atoms with Crippen molar-refractivity contribution in [2.75, 3.05) is 12.9 Å². The normalized spacial score (nSPS) is 13.3. The Morgan fingerprint density at radius 1 is 1.44 bits per heavy atom. The van der Waals surface area contributed by atoms with Crippen LogP contribution in [-0.4, -0.2) is 27.3 Å². The second-order valence-electron chi connectivity index (χ2n) is 4.18. The summed E-state index contributed by atoms with van der Waals surface area (Å²) in [7, 11) is -1.97. The summed E-state index contributed by atoms with van der Waals surface area (Å²) in [5, 5.41) is 0. The molecule has 0 fully saturated rings. The van der Waals surface area contributed by atoms with Gasteiger partial charge < -0.3 is 10.5 Å². The highest BCUT2D eigenvalue weighted by Gasteiger charge is 2.18. The molecule has 0 amide bonds. The molecule has 0 saturated carbocycles. The third-order valence-electron chi connectivity index (χ3n) is 2.63. The molecule has 1 atom stereocenters. The summed E-state index contributed by atoms with van der Waals surface area (Å²) in [4.78, 5) is 0. The zero-order valence-corrected chi connectivity index (χ0v) is 11.3. The lowest BCUT2D eigenvalue weighted by Crippen LogP contribution is -2.29. The molecule has 0 radical (unpaired) electrons. The van der Waals surface area contributed by atoms with Crippen LogP contribution in [0.1, 0.15) is 18.9 Å². The minimum absolute atomic E-state index is 0.130. The molecule has 0 aromatic heterocycles. The molecule has 0 aliphatic heterocycles. The molecular formula is C12H18FNO3S. The smallest absolute Gasteiger partial charge is 0.156 e. The Bertz CT molecular complexity index is 502. The van der Waals surface area contributed by atoms with E-state index in [4.69, 9.17) is 10.5 Å². The number of halogens is 1. The van der Waals surface area contributed by atoms with Gasteiger partial charge in [0.15, 0.2) is 9.84 Å². The van der Waals surface area contributed by atoms with Crippen LogP contribution in [-0.2, 0) is 15.6 Å². The van der Waals surface area contributed by atoms with Gasteiger partial charge in [0.25, 0.3) is 0 Å². The predicted octanol–water partition coefficient (Wildman–Crippen LogP) is 1.49. The van der Waals surface area contributed by atoms with Crippen LogP contribution in [0, 0.1) is 5.82 Å². The maximum absolute atomic E-state index is 13.6. The van der Waals surface area contributed by atoms with E-state index in [1.807, 2.05) is 6.92 Å². The van der Waals surface area contributed by atoms with E-state index in [-0.39, 0.29) is 17.1 Å². The van der Waals surface area contributed by atoms with Gasteiger partial charge in [-0.05, 0) is 12.5 Å². The summed E-state index contributed by atoms with van der Waals surface area (Å²) in [5.41, 5.74) is 5.74. The molecule has 0 bridgehead atoms. The first-order chi connectivity index (χ1) is 8.38. The second kappa shape index (κ2) is 6.15. The molecule has 18 heavy (non-hydrogen) atoms. The van der Waals surface area contributed by atoms with Crippen molar-refractivity contribution in [2.45, 2.75) is 25.1 Å². The van der Waals surface area contributed by atoms with Gasteiger partial charge in [-0.25, -0.2) is 12.8 Å². The molecule has 0 heterocycles. The first kappa shape index (κ1) is 14.9. The van der Waals surface area contributed by atoms with Crippen LogP contribution in [0.15, 0.2) is 18.2 Å². The largest absolute Gasteiger partial charge is 0.497 e. The standard InChI is InChI=1S/C12H18FNO3S/c1-3-10(14)8-18(15,16)7-9-4-5-11(17-2)6-12(9)13/h4-6,10H,3,7-8,14H2,1-2H3. The number of hydrogen-bond acceptors (Lipinski definition) is 4. The molecule has 0 aliphatic rings. The maximum atomic E-state index is 13.6. The lowest BCUT2D eigenvalue weighted by molar-refractivity contribution is 0.411. The monoisotopic (exact) mass is 275 g/mol. The number of ether oxygens (including phenoxy) is 1. The van der Waals surface area contributed by atoms with Crippen LogP contribution in [0.2, 0.25) is 0 Å². The van der Waals surface area contributed by atoms with Crippen LogP contribution in [0.25, 0.3) is 0 Å². The number of methoxy groups -OCH3 is 1. The highest BCUT2D eigenvalue weighted by atomic mass is 32.2. The van der Waals surface area contributed by atoms with Crippen molar-refractivity contribution in [3.8, 4) is 5.75 Å². The molecule has 1 aromatic rings. The van der Waals surface area contributed by atoms with Gasteiger partial charge in [-0.15, -0.1) is 0 Å². The van der Waals surface area contributed by atoms with Gasteiger partial charge >= 0.3 is 0 Å². The minimum atomic E-state index is -3.39. The summed E-state index contributed by atoms with van der Waals surface area (Å²) >= 11 is 0. The fraction of sp³-hybridized carbons (Fsp3) is 0.500. The van der Waals surface area contributed by atoms with Crippen LogP contribution >= 0.6 is 0 Å². The van der Waals surface area contributed by atoms with E-state index in [9.17, 15) is 12.8 Å². The quantitative estimate of drug-likeness (QED) is 0.854. The van der Waals surface area contributed by atoms with Gasteiger partial charge in [-0.1, -0.05) is 13.0 Å². The summed E-state index contributed by atoms with van der Waals surface area (Å²) in [6.07, 6.45) is 0.574. The fourth-order valence-electron chi connectivity index (χ4n) is 1.51. The summed E-state index contributed by atoms with van der Waals surface area (Å²) in [6.45, 7) is 1.81. The van der Waals surface area contributed by atoms with Crippen molar-refractivity contribution in [2.24, 2.45) is 5.73 Å². The zero-order chi connectivity index (χ0) is 13.8. The molecule has 2 N–H and O–H groups in total. The van der Waals surface area contributed by atoms with E-state index >= 15 is 0 Å². The molecule has 1 unspecified atom stereocenters. The lowest BCUT2D eigenvalue weighted by Gasteiger charge is -2.10. The Labute approximate surface area is 107 Å². The van der Waals surface area contributed by atoms with Crippen LogP contribution < -0.4 is 10.5 Å². The first-order valence-electron chi connectivity index (χ1n) is 5.66. The van der Waals surface area contributed by atoms with Gasteiger partial charge in [0, 0.05) is 17.7 Å². The van der Waals surface area contributed by atoms with Gasteiger partial charge in [-0.3, -0.25) is 0 Å². The second-order valence-corrected chi connectivity index (χ2v) is 6.29. The molecule has 4 nitrogen and oxygen atoms in total. The Morgan fingerprint density at radius 3 is 2.61 bits per heavy atom. The third kappa shape index (κ3) is 4.27. The Morgan fingerprint density at radius 2 is 2.11 bits per heavy atom. The molecule has 1 rings (SSSR count). The van der Waals surface area contributed by atoms with E-state index in [0.717, 1.165) is 0 Å². The van der Waals surface area contributed by atoms with Gasteiger partial charge in [0.05, 0.1) is 18.6 Å². The summed E-state index contributed by atoms with van der Waals surface area (Å²) < 4.78 is 42.1. The van der Waals surface area contributed by atoms with E-state index in [1.54, 1.807) is 0 Å². The molecule has 102 valence electrons. The fourth-order valence-corrected chi connectivity index (χ4v) is 3.23. The highest BCUT2D eigenvalue weighted by molar-refractivity contribution is 7.90. The zero-order valence-electron chi connectivity index (χ0n) is 10.5. The Hall–Kier alpha value is -1.14. The summed E-state index contributed by atoms with van der Waals surface area (Å²) in [6, 6.07) is 3.72. The number of hydrogen-bond donors (Lipinski definition) is 1. The van der Waals surface area contributed by atoms with Crippen molar-refractivity contribution in [3.05, 3.63) is 29.6 Å². The van der Waals surface area contributed by atoms with Crippen molar-refractivity contribution in [3.63, 3.8) is 0 Å². The molecule has 1 aromatic carbocycles. The number of rotatable bonds is 6. The van der Waals surface area contributed by atoms with Crippen LogP contribution in [0.3, 0.4) is 0 Å². The van der Waals surface area contributed by atoms with Crippen molar-refractivity contribution in [1.82, 2.24) is 0 Å². The topological polar surface area (TPSA) is 69.4 Å². The Kier molecular flexibility index (Phi) is 5.10. The average molecular weight is 275 g/mol.